The monoisotopic (exact) mass is 364 g/mol. The third-order valence-corrected chi connectivity index (χ3v) is 4.50. The molecule has 2 aromatic carbocycles. The van der Waals surface area contributed by atoms with Gasteiger partial charge in [-0.25, -0.2) is 0 Å². The van der Waals surface area contributed by atoms with Gasteiger partial charge in [-0.15, -0.1) is 0 Å². The number of nitrogens with two attached hydrogens (primary N) is 1. The van der Waals surface area contributed by atoms with Gasteiger partial charge in [0.25, 0.3) is 5.91 Å². The summed E-state index contributed by atoms with van der Waals surface area (Å²) in [7, 11) is 0. The van der Waals surface area contributed by atoms with E-state index in [2.05, 4.69) is 15.5 Å². The zero-order chi connectivity index (χ0) is 18.8. The highest BCUT2D eigenvalue weighted by atomic mass is 16.6. The molecule has 1 aliphatic rings. The van der Waals surface area contributed by atoms with Crippen LogP contribution in [-0.4, -0.2) is 29.3 Å². The number of amides is 1. The third-order valence-electron chi connectivity index (χ3n) is 4.50. The molecule has 27 heavy (non-hydrogen) atoms. The number of hydrogen-bond donors (Lipinski definition) is 3. The highest BCUT2D eigenvalue weighted by Gasteiger charge is 2.22. The lowest BCUT2D eigenvalue weighted by atomic mass is 10.0. The summed E-state index contributed by atoms with van der Waals surface area (Å²) in [6, 6.07) is 14.9. The maximum Gasteiger partial charge on any atom is 0.270 e. The molecule has 0 saturated heterocycles. The van der Waals surface area contributed by atoms with Crippen LogP contribution in [0.5, 0.6) is 11.5 Å². The second kappa shape index (κ2) is 7.03. The van der Waals surface area contributed by atoms with Crippen molar-refractivity contribution in [3.8, 4) is 22.6 Å². The van der Waals surface area contributed by atoms with E-state index in [-0.39, 0.29) is 11.9 Å². The van der Waals surface area contributed by atoms with Crippen LogP contribution in [0.4, 0.5) is 5.82 Å². The van der Waals surface area contributed by atoms with E-state index in [1.54, 1.807) is 0 Å². The summed E-state index contributed by atoms with van der Waals surface area (Å²) >= 11 is 0. The Morgan fingerprint density at radius 3 is 2.67 bits per heavy atom. The first-order valence-electron chi connectivity index (χ1n) is 8.73. The van der Waals surface area contributed by atoms with E-state index in [9.17, 15) is 4.79 Å². The van der Waals surface area contributed by atoms with E-state index in [4.69, 9.17) is 15.2 Å². The molecule has 4 N–H and O–H groups in total. The van der Waals surface area contributed by atoms with Crippen molar-refractivity contribution in [2.45, 2.75) is 13.0 Å². The predicted molar refractivity (Wildman–Crippen MR) is 102 cm³/mol. The highest BCUT2D eigenvalue weighted by molar-refractivity contribution is 6.01. The topological polar surface area (TPSA) is 102 Å². The van der Waals surface area contributed by atoms with Crippen LogP contribution in [0.25, 0.3) is 11.1 Å². The summed E-state index contributed by atoms with van der Waals surface area (Å²) < 4.78 is 11.2. The first-order chi connectivity index (χ1) is 13.1. The summed E-state index contributed by atoms with van der Waals surface area (Å²) in [5, 5.41) is 9.74. The molecule has 0 saturated carbocycles. The van der Waals surface area contributed by atoms with Gasteiger partial charge in [0, 0.05) is 0 Å². The van der Waals surface area contributed by atoms with Gasteiger partial charge in [-0.1, -0.05) is 36.4 Å². The SMILES string of the molecule is CC(NC(=O)c1[nH]nc(N)c1-c1ccccc1)c1ccc2c(c1)OCCO2. The minimum atomic E-state index is -0.277. The fourth-order valence-electron chi connectivity index (χ4n) is 3.10. The number of carbonyl (C=O) groups is 1. The molecule has 0 spiro atoms. The van der Waals surface area contributed by atoms with Crippen LogP contribution in [0.1, 0.15) is 29.0 Å². The van der Waals surface area contributed by atoms with Crippen LogP contribution in [0.15, 0.2) is 48.5 Å². The van der Waals surface area contributed by atoms with Crippen LogP contribution >= 0.6 is 0 Å². The number of hydrogen-bond acceptors (Lipinski definition) is 5. The van der Waals surface area contributed by atoms with Crippen molar-refractivity contribution in [3.63, 3.8) is 0 Å². The van der Waals surface area contributed by atoms with E-state index < -0.39 is 0 Å². The molecule has 3 aromatic rings. The molecular formula is C20H20N4O3. The zero-order valence-corrected chi connectivity index (χ0v) is 14.9. The lowest BCUT2D eigenvalue weighted by Gasteiger charge is -2.21. The first kappa shape index (κ1) is 17.0. The molecule has 1 unspecified atom stereocenters. The third kappa shape index (κ3) is 3.31. The van der Waals surface area contributed by atoms with E-state index in [1.807, 2.05) is 55.5 Å². The van der Waals surface area contributed by atoms with Gasteiger partial charge in [0.05, 0.1) is 11.6 Å². The average molecular weight is 364 g/mol. The van der Waals surface area contributed by atoms with Gasteiger partial charge in [-0.05, 0) is 30.2 Å². The predicted octanol–water partition coefficient (Wildman–Crippen LogP) is 2.92. The van der Waals surface area contributed by atoms with Gasteiger partial charge in [-0.2, -0.15) is 5.10 Å². The summed E-state index contributed by atoms with van der Waals surface area (Å²) in [6.45, 7) is 2.97. The van der Waals surface area contributed by atoms with Gasteiger partial charge in [-0.3, -0.25) is 9.89 Å². The second-order valence-electron chi connectivity index (χ2n) is 6.32. The number of aromatic nitrogens is 2. The van der Waals surface area contributed by atoms with Crippen LogP contribution in [0, 0.1) is 0 Å². The number of ether oxygens (including phenoxy) is 2. The molecule has 1 amide bonds. The summed E-state index contributed by atoms with van der Waals surface area (Å²) in [6.07, 6.45) is 0. The fourth-order valence-corrected chi connectivity index (χ4v) is 3.10. The summed E-state index contributed by atoms with van der Waals surface area (Å²) in [5.41, 5.74) is 8.66. The molecule has 138 valence electrons. The zero-order valence-electron chi connectivity index (χ0n) is 14.9. The smallest absolute Gasteiger partial charge is 0.270 e. The lowest BCUT2D eigenvalue weighted by Crippen LogP contribution is -2.27. The minimum Gasteiger partial charge on any atom is -0.486 e. The van der Waals surface area contributed by atoms with Crippen LogP contribution in [0.3, 0.4) is 0 Å². The van der Waals surface area contributed by atoms with Crippen molar-refractivity contribution in [1.29, 1.82) is 0 Å². The summed E-state index contributed by atoms with van der Waals surface area (Å²) in [5.74, 6) is 1.42. The molecule has 1 atom stereocenters. The van der Waals surface area contributed by atoms with Crippen molar-refractivity contribution in [1.82, 2.24) is 15.5 Å². The van der Waals surface area contributed by atoms with Crippen LogP contribution in [0.2, 0.25) is 0 Å². The van der Waals surface area contributed by atoms with Crippen molar-refractivity contribution >= 4 is 11.7 Å². The summed E-state index contributed by atoms with van der Waals surface area (Å²) in [4.78, 5) is 12.8. The number of aromatic amines is 1. The number of rotatable bonds is 4. The van der Waals surface area contributed by atoms with E-state index in [1.165, 1.54) is 0 Å². The number of fused-ring (bicyclic) bond motifs is 1. The number of carbonyl (C=O) groups excluding carboxylic acids is 1. The Bertz CT molecular complexity index is 969. The quantitative estimate of drug-likeness (QED) is 0.661. The molecule has 1 aromatic heterocycles. The Morgan fingerprint density at radius 1 is 1.15 bits per heavy atom. The van der Waals surface area contributed by atoms with Gasteiger partial charge >= 0.3 is 0 Å². The molecule has 0 bridgehead atoms. The number of anilines is 1. The highest BCUT2D eigenvalue weighted by Crippen LogP contribution is 2.33. The average Bonchev–Trinajstić information content (AvgIpc) is 3.09. The Balaban J connectivity index is 1.56. The van der Waals surface area contributed by atoms with Crippen LogP contribution in [-0.2, 0) is 0 Å². The Hall–Kier alpha value is -3.48. The molecule has 2 heterocycles. The minimum absolute atomic E-state index is 0.235. The fraction of sp³-hybridized carbons (Fsp3) is 0.200. The largest absolute Gasteiger partial charge is 0.486 e. The van der Waals surface area contributed by atoms with E-state index in [0.717, 1.165) is 16.9 Å². The number of benzene rings is 2. The molecule has 0 fully saturated rings. The molecule has 1 aliphatic heterocycles. The number of nitrogens with zero attached hydrogens (tertiary/aromatic N) is 1. The molecule has 7 heteroatoms. The molecule has 4 rings (SSSR count). The van der Waals surface area contributed by atoms with Crippen molar-refractivity contribution in [3.05, 3.63) is 59.8 Å². The second-order valence-corrected chi connectivity index (χ2v) is 6.32. The number of nitrogens with one attached hydrogen (secondary N) is 2. The number of H-pyrrole nitrogens is 1. The van der Waals surface area contributed by atoms with Gasteiger partial charge in [0.2, 0.25) is 0 Å². The van der Waals surface area contributed by atoms with Gasteiger partial charge < -0.3 is 20.5 Å². The van der Waals surface area contributed by atoms with E-state index in [0.29, 0.717) is 36.0 Å². The standard InChI is InChI=1S/C20H20N4O3/c1-12(14-7-8-15-16(11-14)27-10-9-26-15)22-20(25)18-17(19(21)24-23-18)13-5-3-2-4-6-13/h2-8,11-12H,9-10H2,1H3,(H,22,25)(H3,21,23,24). The maximum atomic E-state index is 12.8. The Labute approximate surface area is 156 Å². The molecule has 0 radical (unpaired) electrons. The molecular weight excluding hydrogens is 344 g/mol. The van der Waals surface area contributed by atoms with Crippen molar-refractivity contribution < 1.29 is 14.3 Å². The lowest BCUT2D eigenvalue weighted by molar-refractivity contribution is 0.0935. The van der Waals surface area contributed by atoms with Crippen LogP contribution < -0.4 is 20.5 Å². The van der Waals surface area contributed by atoms with Crippen molar-refractivity contribution in [2.24, 2.45) is 0 Å². The van der Waals surface area contributed by atoms with Crippen molar-refractivity contribution in [2.75, 3.05) is 18.9 Å². The number of nitrogen functional groups attached to an aromatic ring is 1. The molecule has 7 nitrogen and oxygen atoms in total. The maximum absolute atomic E-state index is 12.8. The normalized spacial score (nSPS) is 13.8. The van der Waals surface area contributed by atoms with Gasteiger partial charge in [0.15, 0.2) is 17.3 Å². The Kier molecular flexibility index (Phi) is 4.42. The van der Waals surface area contributed by atoms with Gasteiger partial charge in [0.1, 0.15) is 18.9 Å². The molecule has 0 aliphatic carbocycles. The Morgan fingerprint density at radius 2 is 1.89 bits per heavy atom. The van der Waals surface area contributed by atoms with E-state index >= 15 is 0 Å². The first-order valence-corrected chi connectivity index (χ1v) is 8.73.